The smallest absolute Gasteiger partial charge is 0.341 e. The molecule has 0 aromatic heterocycles. The molecular weight excluding hydrogens is 384 g/mol. The van der Waals surface area contributed by atoms with E-state index in [2.05, 4.69) is 5.32 Å². The molecule has 30 heavy (non-hydrogen) atoms. The molecule has 0 saturated carbocycles. The lowest BCUT2D eigenvalue weighted by Crippen LogP contribution is -2.47. The van der Waals surface area contributed by atoms with Crippen LogP contribution in [0.2, 0.25) is 0 Å². The molecule has 1 atom stereocenters. The van der Waals surface area contributed by atoms with Crippen LogP contribution < -0.4 is 11.1 Å². The van der Waals surface area contributed by atoms with Crippen LogP contribution in [0, 0.1) is 0 Å². The molecule has 2 aliphatic heterocycles. The number of hydrogen-bond acceptors (Lipinski definition) is 6. The van der Waals surface area contributed by atoms with E-state index < -0.39 is 23.1 Å². The number of esters is 1. The molecule has 7 heteroatoms. The average molecular weight is 404 g/mol. The first-order chi connectivity index (χ1) is 14.4. The molecule has 0 saturated heterocycles. The molecule has 2 heterocycles. The Balaban J connectivity index is 1.86. The van der Waals surface area contributed by atoms with Gasteiger partial charge < -0.3 is 20.5 Å². The minimum absolute atomic E-state index is 0.0199. The number of ether oxygens (including phenoxy) is 2. The van der Waals surface area contributed by atoms with Crippen LogP contribution in [0.15, 0.2) is 77.4 Å². The monoisotopic (exact) mass is 404 g/mol. The van der Waals surface area contributed by atoms with E-state index >= 15 is 0 Å². The summed E-state index contributed by atoms with van der Waals surface area (Å²) >= 11 is 0. The van der Waals surface area contributed by atoms with Gasteiger partial charge in [-0.2, -0.15) is 0 Å². The van der Waals surface area contributed by atoms with E-state index in [0.717, 1.165) is 5.56 Å². The van der Waals surface area contributed by atoms with Gasteiger partial charge in [0, 0.05) is 11.3 Å². The summed E-state index contributed by atoms with van der Waals surface area (Å²) < 4.78 is 11.0. The fraction of sp³-hybridized carbons (Fsp3) is 0.174. The van der Waals surface area contributed by atoms with Gasteiger partial charge in [0.25, 0.3) is 0 Å². The molecule has 2 aliphatic rings. The zero-order chi connectivity index (χ0) is 21.5. The summed E-state index contributed by atoms with van der Waals surface area (Å²) in [5, 5.41) is 2.76. The van der Waals surface area contributed by atoms with Crippen molar-refractivity contribution in [3.8, 4) is 0 Å². The highest BCUT2D eigenvalue weighted by molar-refractivity contribution is 6.22. The number of ketones is 1. The van der Waals surface area contributed by atoms with E-state index in [1.807, 2.05) is 18.2 Å². The lowest BCUT2D eigenvalue weighted by molar-refractivity contribution is -0.142. The zero-order valence-corrected chi connectivity index (χ0v) is 16.5. The van der Waals surface area contributed by atoms with Gasteiger partial charge in [-0.25, -0.2) is 4.79 Å². The van der Waals surface area contributed by atoms with Crippen molar-refractivity contribution in [1.82, 2.24) is 0 Å². The van der Waals surface area contributed by atoms with Gasteiger partial charge in [0.2, 0.25) is 11.8 Å². The number of nitrogens with one attached hydrogen (secondary N) is 1. The summed E-state index contributed by atoms with van der Waals surface area (Å²) in [6, 6.07) is 16.0. The highest BCUT2D eigenvalue weighted by Gasteiger charge is 2.60. The lowest BCUT2D eigenvalue weighted by Gasteiger charge is -2.35. The molecule has 0 aliphatic carbocycles. The Kier molecular flexibility index (Phi) is 4.66. The maximum Gasteiger partial charge on any atom is 0.341 e. The van der Waals surface area contributed by atoms with E-state index in [9.17, 15) is 14.4 Å². The number of carbonyl (C=O) groups excluding carboxylic acids is 3. The van der Waals surface area contributed by atoms with Crippen LogP contribution >= 0.6 is 0 Å². The molecule has 152 valence electrons. The second kappa shape index (κ2) is 7.18. The van der Waals surface area contributed by atoms with Gasteiger partial charge in [-0.05, 0) is 25.5 Å². The topological polar surface area (TPSA) is 108 Å². The van der Waals surface area contributed by atoms with Crippen molar-refractivity contribution >= 4 is 23.3 Å². The van der Waals surface area contributed by atoms with Crippen LogP contribution in [-0.2, 0) is 35.9 Å². The molecule has 4 rings (SSSR count). The maximum absolute atomic E-state index is 13.4. The number of anilines is 1. The van der Waals surface area contributed by atoms with E-state index in [1.54, 1.807) is 43.3 Å². The van der Waals surface area contributed by atoms with E-state index in [0.29, 0.717) is 11.3 Å². The highest BCUT2D eigenvalue weighted by atomic mass is 16.5. The predicted molar refractivity (Wildman–Crippen MR) is 109 cm³/mol. The van der Waals surface area contributed by atoms with Gasteiger partial charge in [-0.1, -0.05) is 48.5 Å². The lowest BCUT2D eigenvalue weighted by atomic mass is 9.67. The molecule has 2 aromatic rings. The number of para-hydroxylation sites is 1. The second-order valence-corrected chi connectivity index (χ2v) is 7.14. The fourth-order valence-corrected chi connectivity index (χ4v) is 4.16. The third kappa shape index (κ3) is 2.78. The molecule has 0 bridgehead atoms. The van der Waals surface area contributed by atoms with Gasteiger partial charge in [0.1, 0.15) is 23.4 Å². The summed E-state index contributed by atoms with van der Waals surface area (Å²) in [5.74, 6) is -1.87. The predicted octanol–water partition coefficient (Wildman–Crippen LogP) is 2.68. The maximum atomic E-state index is 13.4. The van der Waals surface area contributed by atoms with Gasteiger partial charge in [-0.3, -0.25) is 9.59 Å². The number of hydrogen-bond donors (Lipinski definition) is 2. The molecule has 7 nitrogen and oxygen atoms in total. The molecule has 0 fully saturated rings. The number of rotatable bonds is 4. The van der Waals surface area contributed by atoms with Crippen LogP contribution in [0.5, 0.6) is 0 Å². The van der Waals surface area contributed by atoms with E-state index in [-0.39, 0.29) is 29.4 Å². The van der Waals surface area contributed by atoms with Crippen molar-refractivity contribution in [2.24, 2.45) is 5.73 Å². The zero-order valence-electron chi connectivity index (χ0n) is 16.5. The number of allylic oxidation sites excluding steroid dienone is 1. The molecule has 1 spiro atoms. The molecule has 0 radical (unpaired) electrons. The van der Waals surface area contributed by atoms with Crippen molar-refractivity contribution in [2.75, 3.05) is 5.32 Å². The van der Waals surface area contributed by atoms with Crippen molar-refractivity contribution in [2.45, 2.75) is 25.9 Å². The molecular formula is C23H20N2O5. The van der Waals surface area contributed by atoms with Crippen molar-refractivity contribution < 1.29 is 23.9 Å². The molecule has 1 unspecified atom stereocenters. The molecule has 1 amide bonds. The van der Waals surface area contributed by atoms with E-state index in [4.69, 9.17) is 15.2 Å². The number of nitrogens with two attached hydrogens (primary N) is 1. The number of benzene rings is 2. The Morgan fingerprint density at radius 3 is 2.43 bits per heavy atom. The van der Waals surface area contributed by atoms with Crippen LogP contribution in [0.4, 0.5) is 5.69 Å². The number of carbonyl (C=O) groups is 3. The SMILES string of the molecule is CC(=O)C1=C(C)OC(N)=C(C(=O)OCc2ccccc2)C12C(=O)Nc1ccccc12. The van der Waals surface area contributed by atoms with Crippen molar-refractivity contribution in [1.29, 1.82) is 0 Å². The summed E-state index contributed by atoms with van der Waals surface area (Å²) in [6.07, 6.45) is 0. The first kappa shape index (κ1) is 19.4. The van der Waals surface area contributed by atoms with Crippen molar-refractivity contribution in [3.05, 3.63) is 88.5 Å². The summed E-state index contributed by atoms with van der Waals surface area (Å²) in [5.41, 5.74) is 5.96. The normalized spacial score (nSPS) is 20.0. The van der Waals surface area contributed by atoms with Gasteiger partial charge >= 0.3 is 5.97 Å². The minimum atomic E-state index is -1.73. The Morgan fingerprint density at radius 1 is 1.07 bits per heavy atom. The number of Topliss-reactive ketones (excluding diaryl/α,β-unsaturated/α-hetero) is 1. The second-order valence-electron chi connectivity index (χ2n) is 7.14. The Labute approximate surface area is 173 Å². The van der Waals surface area contributed by atoms with Gasteiger partial charge in [0.05, 0.1) is 5.57 Å². The first-order valence-electron chi connectivity index (χ1n) is 9.39. The third-order valence-electron chi connectivity index (χ3n) is 5.30. The minimum Gasteiger partial charge on any atom is -0.457 e. The van der Waals surface area contributed by atoms with Crippen LogP contribution in [0.3, 0.4) is 0 Å². The Morgan fingerprint density at radius 2 is 1.73 bits per heavy atom. The number of amides is 1. The number of fused-ring (bicyclic) bond motifs is 2. The quantitative estimate of drug-likeness (QED) is 0.759. The van der Waals surface area contributed by atoms with Gasteiger partial charge in [0.15, 0.2) is 5.78 Å². The Bertz CT molecular complexity index is 1130. The average Bonchev–Trinajstić information content (AvgIpc) is 2.99. The largest absolute Gasteiger partial charge is 0.457 e. The highest BCUT2D eigenvalue weighted by Crippen LogP contribution is 2.52. The fourth-order valence-electron chi connectivity index (χ4n) is 4.16. The van der Waals surface area contributed by atoms with Crippen LogP contribution in [-0.4, -0.2) is 17.7 Å². The molecule has 3 N–H and O–H groups in total. The van der Waals surface area contributed by atoms with E-state index in [1.165, 1.54) is 6.92 Å². The summed E-state index contributed by atoms with van der Waals surface area (Å²) in [6.45, 7) is 2.85. The standard InChI is InChI=1S/C23H20N2O5/c1-13(26)18-14(2)30-20(24)19(21(27)29-12-15-8-4-3-5-9-15)23(18)16-10-6-7-11-17(16)25-22(23)28/h3-11H,12,24H2,1-2H3,(H,25,28). The van der Waals surface area contributed by atoms with Crippen LogP contribution in [0.25, 0.3) is 0 Å². The first-order valence-corrected chi connectivity index (χ1v) is 9.39. The summed E-state index contributed by atoms with van der Waals surface area (Å²) in [7, 11) is 0. The van der Waals surface area contributed by atoms with Crippen LogP contribution in [0.1, 0.15) is 25.0 Å². The van der Waals surface area contributed by atoms with Gasteiger partial charge in [-0.15, -0.1) is 0 Å². The Hall–Kier alpha value is -3.87. The third-order valence-corrected chi connectivity index (χ3v) is 5.30. The van der Waals surface area contributed by atoms with Crippen molar-refractivity contribution in [3.63, 3.8) is 0 Å². The molecule has 2 aromatic carbocycles. The summed E-state index contributed by atoms with van der Waals surface area (Å²) in [4.78, 5) is 39.2.